The molecule has 0 saturated heterocycles. The fourth-order valence-corrected chi connectivity index (χ4v) is 12.4. The molecule has 5 aliphatic carbocycles. The minimum absolute atomic E-state index is 0.0485. The molecule has 8 nitrogen and oxygen atoms in total. The second-order valence-electron chi connectivity index (χ2n) is 18.1. The number of amides is 1. The van der Waals surface area contributed by atoms with E-state index in [9.17, 15) is 29.4 Å². The molecule has 4 unspecified atom stereocenters. The van der Waals surface area contributed by atoms with Crippen molar-refractivity contribution < 1.29 is 34.1 Å². The third kappa shape index (κ3) is 5.05. The Bertz CT molecular complexity index is 1320. The van der Waals surface area contributed by atoms with Crippen LogP contribution in [0.2, 0.25) is 0 Å². The fourth-order valence-electron chi connectivity index (χ4n) is 12.4. The first kappa shape index (κ1) is 34.9. The second-order valence-corrected chi connectivity index (χ2v) is 18.1. The van der Waals surface area contributed by atoms with Gasteiger partial charge in [-0.05, 0) is 124 Å². The number of ether oxygens (including phenoxy) is 1. The first-order chi connectivity index (χ1) is 21.2. The molecule has 0 bridgehead atoms. The molecule has 0 spiro atoms. The molecular formula is C38H59NO7. The third-order valence-corrected chi connectivity index (χ3v) is 15.4. The van der Waals surface area contributed by atoms with Crippen LogP contribution in [0.4, 0.5) is 0 Å². The van der Waals surface area contributed by atoms with Gasteiger partial charge in [0.25, 0.3) is 0 Å². The molecule has 8 heteroatoms. The van der Waals surface area contributed by atoms with Gasteiger partial charge in [-0.1, -0.05) is 53.2 Å². The molecule has 4 fully saturated rings. The lowest BCUT2D eigenvalue weighted by Crippen LogP contribution is -2.68. The molecule has 0 heterocycles. The summed E-state index contributed by atoms with van der Waals surface area (Å²) in [5.41, 5.74) is -0.405. The Balaban J connectivity index is 1.42. The lowest BCUT2D eigenvalue weighted by molar-refractivity contribution is -0.252. The standard InChI is InChI=1S/C38H59NO7/c1-22-12-17-38(31(43)39-21-28(40)41)19-18-36(8)24(30(38)23(22)2)10-11-26-35(7)15-14-27(46-29(42)20-33(3,4)32(44)45)34(5,6)25(35)13-16-37(26,36)9/h12,23-27,30H,10-11,13-21H2,1-9H3,(H,39,43)(H,40,41)(H,44,45)/t23-,24?,25?,26?,27+,30?,35+,36-,37-,38+/m1/s1. The van der Waals surface area contributed by atoms with Crippen molar-refractivity contribution in [1.82, 2.24) is 5.32 Å². The van der Waals surface area contributed by atoms with Gasteiger partial charge < -0.3 is 20.3 Å². The summed E-state index contributed by atoms with van der Waals surface area (Å²) in [6.07, 6.45) is 10.4. The molecule has 1 amide bonds. The highest BCUT2D eigenvalue weighted by Gasteiger charge is 2.71. The number of carboxylic acid groups (broad SMARTS) is 2. The smallest absolute Gasteiger partial charge is 0.322 e. The van der Waals surface area contributed by atoms with E-state index in [-0.39, 0.29) is 58.5 Å². The first-order valence-electron chi connectivity index (χ1n) is 17.8. The van der Waals surface area contributed by atoms with E-state index in [4.69, 9.17) is 4.74 Å². The van der Waals surface area contributed by atoms with Crippen LogP contribution in [0, 0.1) is 62.1 Å². The largest absolute Gasteiger partial charge is 0.481 e. The zero-order valence-electron chi connectivity index (χ0n) is 29.8. The van der Waals surface area contributed by atoms with Gasteiger partial charge in [0.2, 0.25) is 5.91 Å². The molecule has 0 aliphatic heterocycles. The molecule has 0 aromatic rings. The van der Waals surface area contributed by atoms with Gasteiger partial charge in [0.1, 0.15) is 12.6 Å². The van der Waals surface area contributed by atoms with E-state index in [0.29, 0.717) is 24.2 Å². The van der Waals surface area contributed by atoms with Crippen LogP contribution in [0.15, 0.2) is 11.6 Å². The highest BCUT2D eigenvalue weighted by atomic mass is 16.5. The monoisotopic (exact) mass is 641 g/mol. The minimum Gasteiger partial charge on any atom is -0.481 e. The summed E-state index contributed by atoms with van der Waals surface area (Å²) in [5.74, 6) is -0.817. The number of rotatable bonds is 7. The SMILES string of the molecule is CC1=CC[C@]2(C(=O)NCC(=O)O)CC[C@]3(C)C(CCC4[C@@]5(C)CC[C@H](OC(=O)CC(C)(C)C(=O)O)C(C)(C)C5CC[C@]43C)C2[C@@H]1C. The number of hydrogen-bond donors (Lipinski definition) is 3. The molecule has 46 heavy (non-hydrogen) atoms. The molecule has 0 aromatic heterocycles. The number of fused-ring (bicyclic) bond motifs is 7. The lowest BCUT2D eigenvalue weighted by Gasteiger charge is -2.73. The van der Waals surface area contributed by atoms with Gasteiger partial charge in [0, 0.05) is 5.41 Å². The van der Waals surface area contributed by atoms with E-state index in [0.717, 1.165) is 51.4 Å². The zero-order valence-corrected chi connectivity index (χ0v) is 29.8. The number of allylic oxidation sites excluding steroid dienone is 2. The van der Waals surface area contributed by atoms with Crippen molar-refractivity contribution in [3.8, 4) is 0 Å². The van der Waals surface area contributed by atoms with Gasteiger partial charge in [-0.15, -0.1) is 0 Å². The van der Waals surface area contributed by atoms with Crippen molar-refractivity contribution >= 4 is 23.8 Å². The van der Waals surface area contributed by atoms with Crippen molar-refractivity contribution in [3.63, 3.8) is 0 Å². The van der Waals surface area contributed by atoms with Crippen molar-refractivity contribution in [2.24, 2.45) is 62.1 Å². The van der Waals surface area contributed by atoms with E-state index in [2.05, 4.69) is 59.9 Å². The maximum absolute atomic E-state index is 13.9. The predicted molar refractivity (Wildman–Crippen MR) is 176 cm³/mol. The summed E-state index contributed by atoms with van der Waals surface area (Å²) in [6.45, 7) is 19.4. The molecule has 10 atom stereocenters. The van der Waals surface area contributed by atoms with Crippen molar-refractivity contribution in [2.45, 2.75) is 133 Å². The molecule has 4 saturated carbocycles. The Morgan fingerprint density at radius 1 is 0.913 bits per heavy atom. The number of hydrogen-bond acceptors (Lipinski definition) is 5. The van der Waals surface area contributed by atoms with Crippen molar-refractivity contribution in [3.05, 3.63) is 11.6 Å². The van der Waals surface area contributed by atoms with Crippen LogP contribution in [-0.4, -0.2) is 46.7 Å². The predicted octanol–water partition coefficient (Wildman–Crippen LogP) is 7.26. The minimum atomic E-state index is -1.16. The Kier molecular flexibility index (Phi) is 8.63. The Morgan fingerprint density at radius 3 is 2.22 bits per heavy atom. The van der Waals surface area contributed by atoms with Crippen LogP contribution in [0.25, 0.3) is 0 Å². The average molecular weight is 642 g/mol. The summed E-state index contributed by atoms with van der Waals surface area (Å²) in [6, 6.07) is 0. The van der Waals surface area contributed by atoms with Crippen molar-refractivity contribution in [1.29, 1.82) is 0 Å². The van der Waals surface area contributed by atoms with Gasteiger partial charge in [-0.25, -0.2) is 0 Å². The van der Waals surface area contributed by atoms with E-state index in [1.165, 1.54) is 5.57 Å². The van der Waals surface area contributed by atoms with Crippen LogP contribution in [0.3, 0.4) is 0 Å². The summed E-state index contributed by atoms with van der Waals surface area (Å²) < 4.78 is 6.12. The lowest BCUT2D eigenvalue weighted by atomic mass is 9.31. The van der Waals surface area contributed by atoms with Crippen molar-refractivity contribution in [2.75, 3.05) is 6.54 Å². The number of esters is 1. The summed E-state index contributed by atoms with van der Waals surface area (Å²) >= 11 is 0. The maximum atomic E-state index is 13.9. The van der Waals surface area contributed by atoms with E-state index in [1.54, 1.807) is 13.8 Å². The highest BCUT2D eigenvalue weighted by Crippen LogP contribution is 2.77. The normalized spacial score (nSPS) is 43.0. The third-order valence-electron chi connectivity index (χ3n) is 15.4. The molecule has 0 radical (unpaired) electrons. The number of carbonyl (C=O) groups excluding carboxylic acids is 2. The zero-order chi connectivity index (χ0) is 34.3. The summed E-state index contributed by atoms with van der Waals surface area (Å²) in [5, 5.41) is 21.7. The topological polar surface area (TPSA) is 130 Å². The number of nitrogens with one attached hydrogen (secondary N) is 1. The average Bonchev–Trinajstić information content (AvgIpc) is 2.95. The number of aliphatic carboxylic acids is 2. The first-order valence-corrected chi connectivity index (χ1v) is 17.8. The van der Waals surface area contributed by atoms with Gasteiger partial charge >= 0.3 is 17.9 Å². The quantitative estimate of drug-likeness (QED) is 0.197. The molecular weight excluding hydrogens is 582 g/mol. The molecule has 258 valence electrons. The van der Waals surface area contributed by atoms with Crippen LogP contribution < -0.4 is 5.32 Å². The van der Waals surface area contributed by atoms with E-state index < -0.39 is 28.7 Å². The Labute approximate surface area is 275 Å². The Morgan fingerprint density at radius 2 is 1.59 bits per heavy atom. The van der Waals surface area contributed by atoms with Gasteiger partial charge in [0.15, 0.2) is 0 Å². The van der Waals surface area contributed by atoms with Crippen LogP contribution >= 0.6 is 0 Å². The van der Waals surface area contributed by atoms with Gasteiger partial charge in [-0.2, -0.15) is 0 Å². The summed E-state index contributed by atoms with van der Waals surface area (Å²) in [7, 11) is 0. The molecule has 5 aliphatic rings. The number of carbonyl (C=O) groups is 4. The highest BCUT2D eigenvalue weighted by molar-refractivity contribution is 5.87. The van der Waals surface area contributed by atoms with Gasteiger partial charge in [-0.3, -0.25) is 19.2 Å². The molecule has 0 aromatic carbocycles. The summed E-state index contributed by atoms with van der Waals surface area (Å²) in [4.78, 5) is 50.0. The van der Waals surface area contributed by atoms with Crippen LogP contribution in [0.1, 0.15) is 127 Å². The second kappa shape index (κ2) is 11.4. The van der Waals surface area contributed by atoms with Crippen LogP contribution in [0.5, 0.6) is 0 Å². The van der Waals surface area contributed by atoms with E-state index >= 15 is 0 Å². The van der Waals surface area contributed by atoms with E-state index in [1.807, 2.05) is 0 Å². The van der Waals surface area contributed by atoms with Crippen LogP contribution in [-0.2, 0) is 23.9 Å². The maximum Gasteiger partial charge on any atom is 0.322 e. The fraction of sp³-hybridized carbons (Fsp3) is 0.842. The molecule has 5 rings (SSSR count). The Hall–Kier alpha value is -2.38. The number of carboxylic acids is 2. The molecule has 3 N–H and O–H groups in total. The van der Waals surface area contributed by atoms with Gasteiger partial charge in [0.05, 0.1) is 17.3 Å².